The van der Waals surface area contributed by atoms with Crippen molar-refractivity contribution >= 4 is 11.7 Å². The first-order valence-corrected chi connectivity index (χ1v) is 9.53. The summed E-state index contributed by atoms with van der Waals surface area (Å²) in [5.74, 6) is 1.49. The van der Waals surface area contributed by atoms with Crippen LogP contribution in [0.3, 0.4) is 0 Å². The molecule has 1 aromatic carbocycles. The van der Waals surface area contributed by atoms with E-state index in [9.17, 15) is 4.79 Å². The van der Waals surface area contributed by atoms with Crippen LogP contribution in [0.5, 0.6) is 5.75 Å². The molecule has 0 saturated heterocycles. The Morgan fingerprint density at radius 2 is 2.11 bits per heavy atom. The lowest BCUT2D eigenvalue weighted by Crippen LogP contribution is -2.36. The highest BCUT2D eigenvalue weighted by molar-refractivity contribution is 6.00. The number of benzene rings is 1. The molecule has 142 valence electrons. The monoisotopic (exact) mass is 367 g/mol. The van der Waals surface area contributed by atoms with E-state index in [1.165, 1.54) is 0 Å². The largest absolute Gasteiger partial charge is 0.493 e. The highest BCUT2D eigenvalue weighted by Crippen LogP contribution is 2.46. The number of carbonyl (C=O) groups excluding carboxylic acids is 1. The number of para-hydroxylation sites is 1. The lowest BCUT2D eigenvalue weighted by molar-refractivity contribution is -0.118. The predicted molar refractivity (Wildman–Crippen MR) is 101 cm³/mol. The minimum atomic E-state index is -0.368. The Hall–Kier alpha value is -2.70. The maximum absolute atomic E-state index is 13.1. The second-order valence-corrected chi connectivity index (χ2v) is 8.05. The molecule has 27 heavy (non-hydrogen) atoms. The number of tetrazole rings is 1. The summed E-state index contributed by atoms with van der Waals surface area (Å²) < 4.78 is 7.73. The molecule has 0 fully saturated rings. The van der Waals surface area contributed by atoms with E-state index in [0.29, 0.717) is 19.0 Å². The van der Waals surface area contributed by atoms with Gasteiger partial charge >= 0.3 is 0 Å². The van der Waals surface area contributed by atoms with Gasteiger partial charge in [0.2, 0.25) is 5.95 Å². The van der Waals surface area contributed by atoms with Gasteiger partial charge in [-0.3, -0.25) is 4.79 Å². The zero-order chi connectivity index (χ0) is 19.0. The van der Waals surface area contributed by atoms with Gasteiger partial charge in [-0.15, -0.1) is 0 Å². The molecule has 7 heteroatoms. The van der Waals surface area contributed by atoms with Gasteiger partial charge in [0.15, 0.2) is 5.78 Å². The molecule has 1 aliphatic heterocycles. The van der Waals surface area contributed by atoms with Crippen LogP contribution >= 0.6 is 0 Å². The molecule has 2 aliphatic rings. The number of aromatic nitrogens is 4. The molecular weight excluding hydrogens is 342 g/mol. The molecule has 0 amide bonds. The lowest BCUT2D eigenvalue weighted by atomic mass is 9.73. The predicted octanol–water partition coefficient (Wildman–Crippen LogP) is 3.51. The third kappa shape index (κ3) is 3.22. The first-order valence-electron chi connectivity index (χ1n) is 9.53. The standard InChI is InChI=1S/C20H25N5O2/c1-4-5-10-27-16-9-7-6-8-13(16)18-17-14(11-20(2,3)12-15(17)26)21-19-22-23-24-25(18)19/h6-9,18H,4-5,10-12H2,1-3H3,(H,21,22,24)/t18-/m0/s1. The van der Waals surface area contributed by atoms with Crippen molar-refractivity contribution in [3.05, 3.63) is 41.1 Å². The molecular formula is C20H25N5O2. The number of carbonyl (C=O) groups is 1. The Balaban J connectivity index is 1.82. The van der Waals surface area contributed by atoms with Crippen molar-refractivity contribution in [1.82, 2.24) is 20.2 Å². The number of hydrogen-bond acceptors (Lipinski definition) is 6. The number of anilines is 1. The number of Topliss-reactive ketones (excluding diaryl/α,β-unsaturated/α-hetero) is 1. The first kappa shape index (κ1) is 17.7. The molecule has 0 radical (unpaired) electrons. The minimum Gasteiger partial charge on any atom is -0.493 e. The van der Waals surface area contributed by atoms with E-state index in [1.54, 1.807) is 4.68 Å². The first-order chi connectivity index (χ1) is 13.0. The molecule has 2 heterocycles. The maximum atomic E-state index is 13.1. The van der Waals surface area contributed by atoms with Crippen molar-refractivity contribution in [2.45, 2.75) is 52.5 Å². The molecule has 0 saturated carbocycles. The van der Waals surface area contributed by atoms with E-state index in [-0.39, 0.29) is 17.2 Å². The molecule has 1 atom stereocenters. The number of hydrogen-bond donors (Lipinski definition) is 1. The molecule has 0 unspecified atom stereocenters. The Morgan fingerprint density at radius 1 is 1.30 bits per heavy atom. The van der Waals surface area contributed by atoms with Crippen LogP contribution in [0.2, 0.25) is 0 Å². The van der Waals surface area contributed by atoms with Crippen molar-refractivity contribution < 1.29 is 9.53 Å². The molecule has 0 bridgehead atoms. The Bertz CT molecular complexity index is 899. The summed E-state index contributed by atoms with van der Waals surface area (Å²) >= 11 is 0. The van der Waals surface area contributed by atoms with E-state index < -0.39 is 0 Å². The van der Waals surface area contributed by atoms with E-state index >= 15 is 0 Å². The number of nitrogens with zero attached hydrogens (tertiary/aromatic N) is 4. The van der Waals surface area contributed by atoms with Gasteiger partial charge in [-0.05, 0) is 34.7 Å². The van der Waals surface area contributed by atoms with Crippen LogP contribution in [-0.4, -0.2) is 32.6 Å². The summed E-state index contributed by atoms with van der Waals surface area (Å²) in [6.07, 6.45) is 3.35. The van der Waals surface area contributed by atoms with Crippen LogP contribution in [-0.2, 0) is 4.79 Å². The number of ether oxygens (including phenoxy) is 1. The van der Waals surface area contributed by atoms with Crippen LogP contribution in [0, 0.1) is 5.41 Å². The highest BCUT2D eigenvalue weighted by Gasteiger charge is 2.42. The van der Waals surface area contributed by atoms with Crippen LogP contribution in [0.15, 0.2) is 35.5 Å². The fourth-order valence-corrected chi connectivity index (χ4v) is 3.92. The molecule has 1 aliphatic carbocycles. The third-order valence-electron chi connectivity index (χ3n) is 5.16. The number of unbranched alkanes of at least 4 members (excludes halogenated alkanes) is 1. The zero-order valence-corrected chi connectivity index (χ0v) is 16.0. The number of fused-ring (bicyclic) bond motifs is 1. The SMILES string of the molecule is CCCCOc1ccccc1[C@H]1C2=C(CC(C)(C)CC2=O)Nc2nnnn21. The summed E-state index contributed by atoms with van der Waals surface area (Å²) in [4.78, 5) is 13.1. The van der Waals surface area contributed by atoms with Gasteiger partial charge in [0.25, 0.3) is 0 Å². The van der Waals surface area contributed by atoms with Crippen molar-refractivity contribution in [1.29, 1.82) is 0 Å². The van der Waals surface area contributed by atoms with Gasteiger partial charge in [0.1, 0.15) is 11.8 Å². The molecule has 1 aromatic heterocycles. The maximum Gasteiger partial charge on any atom is 0.248 e. The van der Waals surface area contributed by atoms with E-state index in [2.05, 4.69) is 41.6 Å². The Labute approximate surface area is 158 Å². The summed E-state index contributed by atoms with van der Waals surface area (Å²) in [6, 6.07) is 7.50. The second-order valence-electron chi connectivity index (χ2n) is 8.05. The van der Waals surface area contributed by atoms with Crippen LogP contribution in [0.1, 0.15) is 58.1 Å². The minimum absolute atomic E-state index is 0.0831. The van der Waals surface area contributed by atoms with Crippen molar-refractivity contribution in [2.75, 3.05) is 11.9 Å². The lowest BCUT2D eigenvalue weighted by Gasteiger charge is -2.38. The van der Waals surface area contributed by atoms with E-state index in [0.717, 1.165) is 41.8 Å². The number of allylic oxidation sites excluding steroid dienone is 2. The molecule has 1 N–H and O–H groups in total. The topological polar surface area (TPSA) is 81.9 Å². The van der Waals surface area contributed by atoms with Gasteiger partial charge in [-0.25, -0.2) is 0 Å². The molecule has 4 rings (SSSR count). The normalized spacial score (nSPS) is 20.7. The molecule has 2 aromatic rings. The third-order valence-corrected chi connectivity index (χ3v) is 5.16. The van der Waals surface area contributed by atoms with Gasteiger partial charge in [-0.1, -0.05) is 50.5 Å². The zero-order valence-electron chi connectivity index (χ0n) is 16.0. The van der Waals surface area contributed by atoms with Crippen molar-refractivity contribution in [3.8, 4) is 5.75 Å². The van der Waals surface area contributed by atoms with Gasteiger partial charge in [0, 0.05) is 23.3 Å². The van der Waals surface area contributed by atoms with Crippen LogP contribution in [0.25, 0.3) is 0 Å². The van der Waals surface area contributed by atoms with Gasteiger partial charge in [-0.2, -0.15) is 4.68 Å². The van der Waals surface area contributed by atoms with E-state index in [1.807, 2.05) is 24.3 Å². The summed E-state index contributed by atoms with van der Waals surface area (Å²) in [6.45, 7) is 7.01. The smallest absolute Gasteiger partial charge is 0.248 e. The number of rotatable bonds is 5. The fraction of sp³-hybridized carbons (Fsp3) is 0.500. The quantitative estimate of drug-likeness (QED) is 0.815. The van der Waals surface area contributed by atoms with Crippen molar-refractivity contribution in [2.24, 2.45) is 5.41 Å². The molecule has 0 spiro atoms. The van der Waals surface area contributed by atoms with Gasteiger partial charge in [0.05, 0.1) is 6.61 Å². The highest BCUT2D eigenvalue weighted by atomic mass is 16.5. The summed E-state index contributed by atoms with van der Waals surface area (Å²) in [5, 5.41) is 15.4. The van der Waals surface area contributed by atoms with Crippen LogP contribution in [0.4, 0.5) is 5.95 Å². The van der Waals surface area contributed by atoms with Crippen molar-refractivity contribution in [3.63, 3.8) is 0 Å². The van der Waals surface area contributed by atoms with Gasteiger partial charge < -0.3 is 10.1 Å². The Morgan fingerprint density at radius 3 is 2.93 bits per heavy atom. The van der Waals surface area contributed by atoms with Crippen LogP contribution < -0.4 is 10.1 Å². The fourth-order valence-electron chi connectivity index (χ4n) is 3.92. The number of nitrogens with one attached hydrogen (secondary N) is 1. The second kappa shape index (κ2) is 6.79. The summed E-state index contributed by atoms with van der Waals surface area (Å²) in [5.41, 5.74) is 2.51. The summed E-state index contributed by atoms with van der Waals surface area (Å²) in [7, 11) is 0. The molecule has 7 nitrogen and oxygen atoms in total. The average molecular weight is 367 g/mol. The Kier molecular flexibility index (Phi) is 4.45. The van der Waals surface area contributed by atoms with E-state index in [4.69, 9.17) is 4.74 Å². The number of ketones is 1. The average Bonchev–Trinajstić information content (AvgIpc) is 3.08.